The number of fused-ring (bicyclic) bond motifs is 1. The number of aromatic nitrogens is 2. The zero-order chi connectivity index (χ0) is 17.2. The smallest absolute Gasteiger partial charge is 0.410 e. The molecule has 128 valence electrons. The van der Waals surface area contributed by atoms with Gasteiger partial charge in [0.1, 0.15) is 5.60 Å². The fourth-order valence-corrected chi connectivity index (χ4v) is 2.61. The topological polar surface area (TPSA) is 78.5 Å². The van der Waals surface area contributed by atoms with Gasteiger partial charge in [0.2, 0.25) is 0 Å². The Kier molecular flexibility index (Phi) is 4.97. The Morgan fingerprint density at radius 2 is 1.96 bits per heavy atom. The van der Waals surface area contributed by atoms with E-state index in [0.29, 0.717) is 38.3 Å². The molecule has 7 nitrogen and oxygen atoms in total. The molecule has 0 aromatic carbocycles. The van der Waals surface area contributed by atoms with Crippen molar-refractivity contribution in [2.24, 2.45) is 0 Å². The first-order valence-electron chi connectivity index (χ1n) is 8.10. The minimum atomic E-state index is -0.534. The van der Waals surface area contributed by atoms with E-state index in [1.807, 2.05) is 34.6 Å². The maximum atomic E-state index is 12.6. The highest BCUT2D eigenvalue weighted by Crippen LogP contribution is 2.23. The molecule has 23 heavy (non-hydrogen) atoms. The van der Waals surface area contributed by atoms with Crippen LogP contribution in [0.1, 0.15) is 56.4 Å². The van der Waals surface area contributed by atoms with Gasteiger partial charge in [0.15, 0.2) is 5.69 Å². The normalized spacial score (nSPS) is 14.4. The molecule has 0 aliphatic carbocycles. The molecule has 1 aliphatic heterocycles. The van der Waals surface area contributed by atoms with Crippen LogP contribution in [0.15, 0.2) is 0 Å². The molecule has 1 aliphatic rings. The van der Waals surface area contributed by atoms with E-state index in [9.17, 15) is 9.59 Å². The van der Waals surface area contributed by atoms with Gasteiger partial charge in [0.25, 0.3) is 5.91 Å². The van der Waals surface area contributed by atoms with E-state index in [4.69, 9.17) is 4.74 Å². The first-order chi connectivity index (χ1) is 10.8. The van der Waals surface area contributed by atoms with Gasteiger partial charge in [0.05, 0.1) is 6.54 Å². The van der Waals surface area contributed by atoms with Crippen LogP contribution < -0.4 is 0 Å². The highest BCUT2D eigenvalue weighted by molar-refractivity contribution is 5.94. The summed E-state index contributed by atoms with van der Waals surface area (Å²) in [6.45, 7) is 11.6. The number of carbonyl (C=O) groups is 2. The molecule has 0 radical (unpaired) electrons. The molecule has 1 aromatic rings. The average molecular weight is 322 g/mol. The summed E-state index contributed by atoms with van der Waals surface area (Å²) in [5, 5.41) is 7.13. The van der Waals surface area contributed by atoms with Crippen molar-refractivity contribution in [1.82, 2.24) is 20.0 Å². The van der Waals surface area contributed by atoms with Crippen molar-refractivity contribution in [1.29, 1.82) is 0 Å². The minimum absolute atomic E-state index is 0.0986. The number of hydrogen-bond donors (Lipinski definition) is 1. The third-order valence-corrected chi connectivity index (χ3v) is 3.84. The second-order valence-electron chi connectivity index (χ2n) is 6.66. The van der Waals surface area contributed by atoms with E-state index in [1.54, 1.807) is 9.80 Å². The number of carbonyl (C=O) groups excluding carboxylic acids is 2. The molecular weight excluding hydrogens is 296 g/mol. The van der Waals surface area contributed by atoms with Crippen molar-refractivity contribution in [3.63, 3.8) is 0 Å². The van der Waals surface area contributed by atoms with Gasteiger partial charge < -0.3 is 14.5 Å². The Labute approximate surface area is 137 Å². The molecule has 0 fully saturated rings. The predicted molar refractivity (Wildman–Crippen MR) is 86.2 cm³/mol. The molecule has 2 heterocycles. The van der Waals surface area contributed by atoms with Crippen molar-refractivity contribution >= 4 is 12.0 Å². The quantitative estimate of drug-likeness (QED) is 0.925. The van der Waals surface area contributed by atoms with Crippen LogP contribution in [0.5, 0.6) is 0 Å². The minimum Gasteiger partial charge on any atom is -0.444 e. The van der Waals surface area contributed by atoms with Crippen LogP contribution in [0.25, 0.3) is 0 Å². The number of ether oxygens (including phenoxy) is 1. The average Bonchev–Trinajstić information content (AvgIpc) is 2.89. The molecule has 2 rings (SSSR count). The fourth-order valence-electron chi connectivity index (χ4n) is 2.61. The van der Waals surface area contributed by atoms with Gasteiger partial charge in [-0.05, 0) is 34.6 Å². The Morgan fingerprint density at radius 3 is 2.52 bits per heavy atom. The van der Waals surface area contributed by atoms with E-state index in [1.165, 1.54) is 0 Å². The summed E-state index contributed by atoms with van der Waals surface area (Å²) in [7, 11) is 0. The maximum absolute atomic E-state index is 12.6. The van der Waals surface area contributed by atoms with Crippen LogP contribution in [0.3, 0.4) is 0 Å². The SMILES string of the molecule is CCN(CC)C(=O)c1n[nH]c2c1CN(C(=O)OC(C)(C)C)CC2. The zero-order valence-electron chi connectivity index (χ0n) is 14.6. The lowest BCUT2D eigenvalue weighted by atomic mass is 10.0. The van der Waals surface area contributed by atoms with Crippen LogP contribution in [0.4, 0.5) is 4.79 Å². The van der Waals surface area contributed by atoms with Gasteiger partial charge in [-0.3, -0.25) is 9.89 Å². The lowest BCUT2D eigenvalue weighted by Crippen LogP contribution is -2.40. The van der Waals surface area contributed by atoms with Gasteiger partial charge in [-0.15, -0.1) is 0 Å². The van der Waals surface area contributed by atoms with E-state index in [2.05, 4.69) is 10.2 Å². The van der Waals surface area contributed by atoms with E-state index in [-0.39, 0.29) is 12.0 Å². The van der Waals surface area contributed by atoms with Gasteiger partial charge in [0, 0.05) is 37.3 Å². The first kappa shape index (κ1) is 17.3. The Balaban J connectivity index is 2.18. The number of rotatable bonds is 3. The zero-order valence-corrected chi connectivity index (χ0v) is 14.6. The Bertz CT molecular complexity index is 585. The summed E-state index contributed by atoms with van der Waals surface area (Å²) in [5.74, 6) is -0.0986. The standard InChI is InChI=1S/C16H26N4O3/c1-6-19(7-2)14(21)13-11-10-20(9-8-12(11)17-18-13)15(22)23-16(3,4)5/h6-10H2,1-5H3,(H,17,18). The molecule has 7 heteroatoms. The van der Waals surface area contributed by atoms with Gasteiger partial charge in [-0.1, -0.05) is 0 Å². The van der Waals surface area contributed by atoms with Gasteiger partial charge >= 0.3 is 6.09 Å². The predicted octanol–water partition coefficient (Wildman–Crippen LogP) is 2.18. The third kappa shape index (κ3) is 3.83. The molecule has 0 spiro atoms. The molecule has 0 saturated carbocycles. The van der Waals surface area contributed by atoms with Crippen LogP contribution >= 0.6 is 0 Å². The van der Waals surface area contributed by atoms with Crippen LogP contribution in [0.2, 0.25) is 0 Å². The van der Waals surface area contributed by atoms with Crippen molar-refractivity contribution in [2.75, 3.05) is 19.6 Å². The lowest BCUT2D eigenvalue weighted by Gasteiger charge is -2.30. The molecule has 1 N–H and O–H groups in total. The van der Waals surface area contributed by atoms with Crippen LogP contribution in [0, 0.1) is 0 Å². The Hall–Kier alpha value is -2.05. The van der Waals surface area contributed by atoms with Crippen molar-refractivity contribution in [3.8, 4) is 0 Å². The second-order valence-corrected chi connectivity index (χ2v) is 6.66. The summed E-state index contributed by atoms with van der Waals surface area (Å²) >= 11 is 0. The molecule has 0 bridgehead atoms. The molecular formula is C16H26N4O3. The van der Waals surface area contributed by atoms with Crippen molar-refractivity contribution < 1.29 is 14.3 Å². The molecule has 0 unspecified atom stereocenters. The molecule has 2 amide bonds. The summed E-state index contributed by atoms with van der Waals surface area (Å²) in [6, 6.07) is 0. The van der Waals surface area contributed by atoms with Crippen molar-refractivity contribution in [2.45, 2.75) is 53.2 Å². The number of nitrogens with one attached hydrogen (secondary N) is 1. The monoisotopic (exact) mass is 322 g/mol. The van der Waals surface area contributed by atoms with Gasteiger partial charge in [-0.25, -0.2) is 4.79 Å². The number of hydrogen-bond acceptors (Lipinski definition) is 4. The number of nitrogens with zero attached hydrogens (tertiary/aromatic N) is 3. The highest BCUT2D eigenvalue weighted by Gasteiger charge is 2.31. The summed E-state index contributed by atoms with van der Waals surface area (Å²) in [5.41, 5.74) is 1.62. The van der Waals surface area contributed by atoms with E-state index in [0.717, 1.165) is 11.3 Å². The van der Waals surface area contributed by atoms with Crippen molar-refractivity contribution in [3.05, 3.63) is 17.0 Å². The Morgan fingerprint density at radius 1 is 1.30 bits per heavy atom. The van der Waals surface area contributed by atoms with Crippen LogP contribution in [-0.2, 0) is 17.7 Å². The van der Waals surface area contributed by atoms with E-state index < -0.39 is 5.60 Å². The number of aromatic amines is 1. The lowest BCUT2D eigenvalue weighted by molar-refractivity contribution is 0.0222. The summed E-state index contributed by atoms with van der Waals surface area (Å²) in [6.07, 6.45) is 0.290. The summed E-state index contributed by atoms with van der Waals surface area (Å²) < 4.78 is 5.42. The molecule has 0 saturated heterocycles. The summed E-state index contributed by atoms with van der Waals surface area (Å²) in [4.78, 5) is 28.2. The molecule has 0 atom stereocenters. The largest absolute Gasteiger partial charge is 0.444 e. The fraction of sp³-hybridized carbons (Fsp3) is 0.688. The van der Waals surface area contributed by atoms with E-state index >= 15 is 0 Å². The van der Waals surface area contributed by atoms with Gasteiger partial charge in [-0.2, -0.15) is 5.10 Å². The second kappa shape index (κ2) is 6.60. The highest BCUT2D eigenvalue weighted by atomic mass is 16.6. The first-order valence-corrected chi connectivity index (χ1v) is 8.10. The number of H-pyrrole nitrogens is 1. The van der Waals surface area contributed by atoms with Crippen LogP contribution in [-0.4, -0.2) is 57.2 Å². The number of amides is 2. The third-order valence-electron chi connectivity index (χ3n) is 3.84. The maximum Gasteiger partial charge on any atom is 0.410 e. The molecule has 1 aromatic heterocycles.